The fraction of sp³-hybridized carbons (Fsp3) is 0.200. The van der Waals surface area contributed by atoms with E-state index < -0.39 is 0 Å². The van der Waals surface area contributed by atoms with Gasteiger partial charge in [-0.1, -0.05) is 23.7 Å². The number of pyridine rings is 1. The van der Waals surface area contributed by atoms with Gasteiger partial charge in [-0.15, -0.1) is 0 Å². The second-order valence-electron chi connectivity index (χ2n) is 4.34. The number of aromatic nitrogens is 1. The highest BCUT2D eigenvalue weighted by Crippen LogP contribution is 2.23. The first-order valence-corrected chi connectivity index (χ1v) is 6.76. The summed E-state index contributed by atoms with van der Waals surface area (Å²) in [5.41, 5.74) is 2.71. The molecule has 0 aliphatic carbocycles. The van der Waals surface area contributed by atoms with E-state index >= 15 is 0 Å². The fourth-order valence-corrected chi connectivity index (χ4v) is 2.01. The van der Waals surface area contributed by atoms with Crippen LogP contribution in [0.5, 0.6) is 0 Å². The zero-order valence-electron chi connectivity index (χ0n) is 11.4. The molecular formula is C15H16ClN3O. The van der Waals surface area contributed by atoms with Crippen molar-refractivity contribution in [2.45, 2.75) is 13.8 Å². The Hall–Kier alpha value is -2.07. The molecule has 1 aromatic carbocycles. The van der Waals surface area contributed by atoms with E-state index in [4.69, 9.17) is 11.6 Å². The first-order chi connectivity index (χ1) is 9.61. The summed E-state index contributed by atoms with van der Waals surface area (Å²) in [6.07, 6.45) is 1.57. The molecule has 0 unspecified atom stereocenters. The number of aryl methyl sites for hydroxylation is 1. The molecule has 1 amide bonds. The molecule has 2 aromatic rings. The minimum absolute atomic E-state index is 0.235. The highest BCUT2D eigenvalue weighted by molar-refractivity contribution is 6.34. The molecule has 104 valence electrons. The number of carbonyl (C=O) groups excluding carboxylic acids is 1. The third-order valence-corrected chi connectivity index (χ3v) is 3.10. The average Bonchev–Trinajstić information content (AvgIpc) is 2.42. The topological polar surface area (TPSA) is 54.0 Å². The van der Waals surface area contributed by atoms with E-state index in [1.165, 1.54) is 0 Å². The highest BCUT2D eigenvalue weighted by Gasteiger charge is 2.13. The van der Waals surface area contributed by atoms with Crippen molar-refractivity contribution in [3.8, 4) is 0 Å². The molecule has 1 heterocycles. The summed E-state index contributed by atoms with van der Waals surface area (Å²) in [7, 11) is 0. The van der Waals surface area contributed by atoms with Crippen LogP contribution < -0.4 is 10.6 Å². The first-order valence-electron chi connectivity index (χ1n) is 6.38. The van der Waals surface area contributed by atoms with E-state index in [9.17, 15) is 4.79 Å². The molecule has 2 N–H and O–H groups in total. The molecule has 0 saturated carbocycles. The number of amides is 1. The Bertz CT molecular complexity index is 628. The van der Waals surface area contributed by atoms with Gasteiger partial charge in [-0.25, -0.2) is 0 Å². The molecule has 0 bridgehead atoms. The summed E-state index contributed by atoms with van der Waals surface area (Å²) in [5, 5.41) is 6.46. The summed E-state index contributed by atoms with van der Waals surface area (Å²) >= 11 is 6.04. The van der Waals surface area contributed by atoms with Crippen LogP contribution in [0.1, 0.15) is 23.0 Å². The van der Waals surface area contributed by atoms with Crippen molar-refractivity contribution in [2.75, 3.05) is 17.2 Å². The monoisotopic (exact) mass is 289 g/mol. The third-order valence-electron chi connectivity index (χ3n) is 2.77. The molecule has 20 heavy (non-hydrogen) atoms. The van der Waals surface area contributed by atoms with Gasteiger partial charge in [0.15, 0.2) is 0 Å². The van der Waals surface area contributed by atoms with Crippen LogP contribution in [0.15, 0.2) is 36.5 Å². The van der Waals surface area contributed by atoms with E-state index in [-0.39, 0.29) is 5.91 Å². The molecule has 0 radical (unpaired) electrons. The normalized spacial score (nSPS) is 10.2. The van der Waals surface area contributed by atoms with Gasteiger partial charge in [-0.2, -0.15) is 0 Å². The predicted molar refractivity (Wildman–Crippen MR) is 82.5 cm³/mol. The number of carbonyl (C=O) groups is 1. The number of hydrogen-bond donors (Lipinski definition) is 2. The number of rotatable bonds is 4. The maximum absolute atomic E-state index is 12.3. The van der Waals surface area contributed by atoms with Crippen molar-refractivity contribution >= 4 is 28.9 Å². The van der Waals surface area contributed by atoms with Crippen LogP contribution in [0.4, 0.5) is 11.4 Å². The number of para-hydroxylation sites is 1. The Balaban J connectivity index is 2.27. The van der Waals surface area contributed by atoms with Crippen molar-refractivity contribution in [2.24, 2.45) is 0 Å². The van der Waals surface area contributed by atoms with Gasteiger partial charge in [0.25, 0.3) is 5.91 Å². The largest absolute Gasteiger partial charge is 0.385 e. The van der Waals surface area contributed by atoms with Crippen molar-refractivity contribution in [3.05, 3.63) is 52.8 Å². The van der Waals surface area contributed by atoms with Crippen LogP contribution in [0.25, 0.3) is 0 Å². The van der Waals surface area contributed by atoms with Crippen molar-refractivity contribution < 1.29 is 4.79 Å². The van der Waals surface area contributed by atoms with Crippen LogP contribution in [-0.2, 0) is 0 Å². The van der Waals surface area contributed by atoms with Gasteiger partial charge in [-0.05, 0) is 32.0 Å². The van der Waals surface area contributed by atoms with Gasteiger partial charge in [0.1, 0.15) is 0 Å². The van der Waals surface area contributed by atoms with Crippen molar-refractivity contribution in [1.29, 1.82) is 0 Å². The number of anilines is 2. The molecule has 0 aliphatic rings. The molecule has 0 atom stereocenters. The van der Waals surface area contributed by atoms with Gasteiger partial charge in [0.2, 0.25) is 0 Å². The third kappa shape index (κ3) is 3.27. The zero-order chi connectivity index (χ0) is 14.5. The second kappa shape index (κ2) is 6.39. The SMILES string of the molecule is CCNc1cc(C)ncc1C(=O)Nc1ccccc1Cl. The maximum Gasteiger partial charge on any atom is 0.259 e. The molecule has 0 aliphatic heterocycles. The van der Waals surface area contributed by atoms with Gasteiger partial charge in [0.05, 0.1) is 22.0 Å². The number of nitrogens with one attached hydrogen (secondary N) is 2. The van der Waals surface area contributed by atoms with Crippen LogP contribution in [-0.4, -0.2) is 17.4 Å². The Kier molecular flexibility index (Phi) is 4.58. The zero-order valence-corrected chi connectivity index (χ0v) is 12.2. The average molecular weight is 290 g/mol. The number of nitrogens with zero attached hydrogens (tertiary/aromatic N) is 1. The number of benzene rings is 1. The quantitative estimate of drug-likeness (QED) is 0.902. The number of hydrogen-bond acceptors (Lipinski definition) is 3. The highest BCUT2D eigenvalue weighted by atomic mass is 35.5. The van der Waals surface area contributed by atoms with Crippen LogP contribution >= 0.6 is 11.6 Å². The Morgan fingerprint density at radius 3 is 2.75 bits per heavy atom. The summed E-state index contributed by atoms with van der Waals surface area (Å²) < 4.78 is 0. The Labute approximate surface area is 123 Å². The van der Waals surface area contributed by atoms with Crippen LogP contribution in [0.2, 0.25) is 5.02 Å². The summed E-state index contributed by atoms with van der Waals surface area (Å²) in [6, 6.07) is 8.98. The van der Waals surface area contributed by atoms with Gasteiger partial charge < -0.3 is 10.6 Å². The van der Waals surface area contributed by atoms with Gasteiger partial charge in [0, 0.05) is 18.4 Å². The van der Waals surface area contributed by atoms with E-state index in [1.54, 1.807) is 18.3 Å². The summed E-state index contributed by atoms with van der Waals surface area (Å²) in [4.78, 5) is 16.5. The Morgan fingerprint density at radius 2 is 2.05 bits per heavy atom. The lowest BCUT2D eigenvalue weighted by molar-refractivity contribution is 0.102. The minimum Gasteiger partial charge on any atom is -0.385 e. The minimum atomic E-state index is -0.235. The fourth-order valence-electron chi connectivity index (χ4n) is 1.83. The van der Waals surface area contributed by atoms with Gasteiger partial charge in [-0.3, -0.25) is 9.78 Å². The lowest BCUT2D eigenvalue weighted by atomic mass is 10.2. The van der Waals surface area contributed by atoms with Gasteiger partial charge >= 0.3 is 0 Å². The molecular weight excluding hydrogens is 274 g/mol. The summed E-state index contributed by atoms with van der Waals surface area (Å²) in [5.74, 6) is -0.235. The molecule has 1 aromatic heterocycles. The van der Waals surface area contributed by atoms with Crippen molar-refractivity contribution in [1.82, 2.24) is 4.98 Å². The number of halogens is 1. The molecule has 0 fully saturated rings. The molecule has 4 nitrogen and oxygen atoms in total. The molecule has 0 spiro atoms. The second-order valence-corrected chi connectivity index (χ2v) is 4.74. The molecule has 5 heteroatoms. The standard InChI is InChI=1S/C15H16ClN3O/c1-3-17-14-8-10(2)18-9-11(14)15(20)19-13-7-5-4-6-12(13)16/h4-9H,3H2,1-2H3,(H,17,18)(H,19,20). The maximum atomic E-state index is 12.3. The lowest BCUT2D eigenvalue weighted by Gasteiger charge is -2.12. The first kappa shape index (κ1) is 14.3. The van der Waals surface area contributed by atoms with Crippen LogP contribution in [0, 0.1) is 6.92 Å². The Morgan fingerprint density at radius 1 is 1.30 bits per heavy atom. The van der Waals surface area contributed by atoms with E-state index in [1.807, 2.05) is 32.0 Å². The smallest absolute Gasteiger partial charge is 0.259 e. The molecule has 0 saturated heterocycles. The lowest BCUT2D eigenvalue weighted by Crippen LogP contribution is -2.15. The molecule has 2 rings (SSSR count). The summed E-state index contributed by atoms with van der Waals surface area (Å²) in [6.45, 7) is 4.60. The predicted octanol–water partition coefficient (Wildman–Crippen LogP) is 3.73. The van der Waals surface area contributed by atoms with E-state index in [0.29, 0.717) is 16.3 Å². The van der Waals surface area contributed by atoms with Crippen LogP contribution in [0.3, 0.4) is 0 Å². The van der Waals surface area contributed by atoms with E-state index in [2.05, 4.69) is 15.6 Å². The van der Waals surface area contributed by atoms with Crippen molar-refractivity contribution in [3.63, 3.8) is 0 Å². The van der Waals surface area contributed by atoms with E-state index in [0.717, 1.165) is 17.9 Å².